The number of sulfonamides is 1. The van der Waals surface area contributed by atoms with Crippen LogP contribution >= 0.6 is 11.8 Å². The summed E-state index contributed by atoms with van der Waals surface area (Å²) in [7, 11) is -3.74. The Bertz CT molecular complexity index is 702. The summed E-state index contributed by atoms with van der Waals surface area (Å²) >= 11 is 1.57. The maximum atomic E-state index is 12.3. The summed E-state index contributed by atoms with van der Waals surface area (Å²) in [4.78, 5) is 4.66. The van der Waals surface area contributed by atoms with Gasteiger partial charge in [-0.25, -0.2) is 13.4 Å². The predicted octanol–water partition coefficient (Wildman–Crippen LogP) is 2.58. The van der Waals surface area contributed by atoms with Crippen molar-refractivity contribution in [3.05, 3.63) is 42.6 Å². The highest BCUT2D eigenvalue weighted by Gasteiger charge is 2.19. The number of benzene rings is 1. The molecule has 0 saturated carbocycles. The van der Waals surface area contributed by atoms with E-state index in [2.05, 4.69) is 9.71 Å². The quantitative estimate of drug-likeness (QED) is 0.829. The first-order valence-electron chi connectivity index (χ1n) is 5.99. The molecule has 0 fully saturated rings. The number of rotatable bonds is 5. The van der Waals surface area contributed by atoms with Crippen molar-refractivity contribution in [3.63, 3.8) is 0 Å². The van der Waals surface area contributed by atoms with Crippen molar-refractivity contribution in [3.8, 4) is 0 Å². The summed E-state index contributed by atoms with van der Waals surface area (Å²) in [5, 5.41) is 0. The van der Waals surface area contributed by atoms with Gasteiger partial charge in [0.2, 0.25) is 0 Å². The summed E-state index contributed by atoms with van der Waals surface area (Å²) in [6, 6.07) is 10.2. The zero-order valence-electron chi connectivity index (χ0n) is 10.9. The van der Waals surface area contributed by atoms with Crippen molar-refractivity contribution in [1.82, 2.24) is 4.98 Å². The van der Waals surface area contributed by atoms with Crippen LogP contribution in [-0.2, 0) is 10.0 Å². The number of nitrogen functional groups attached to an aromatic ring is 1. The molecule has 0 aliphatic carbocycles. The zero-order chi connectivity index (χ0) is 14.6. The molecule has 1 aromatic heterocycles. The highest BCUT2D eigenvalue weighted by Crippen LogP contribution is 2.29. The Balaban J connectivity index is 2.37. The molecule has 0 amide bonds. The monoisotopic (exact) mass is 309 g/mol. The van der Waals surface area contributed by atoms with Crippen LogP contribution in [0.25, 0.3) is 0 Å². The molecule has 0 bridgehead atoms. The van der Waals surface area contributed by atoms with E-state index in [9.17, 15) is 8.42 Å². The maximum Gasteiger partial charge on any atom is 0.265 e. The predicted molar refractivity (Wildman–Crippen MR) is 82.3 cm³/mol. The smallest absolute Gasteiger partial charge is 0.265 e. The normalized spacial score (nSPS) is 11.2. The van der Waals surface area contributed by atoms with Gasteiger partial charge >= 0.3 is 0 Å². The van der Waals surface area contributed by atoms with Crippen LogP contribution in [0.3, 0.4) is 0 Å². The van der Waals surface area contributed by atoms with Crippen LogP contribution in [0.1, 0.15) is 6.92 Å². The molecule has 106 valence electrons. The van der Waals surface area contributed by atoms with Gasteiger partial charge in [-0.05, 0) is 30.0 Å². The largest absolute Gasteiger partial charge is 0.383 e. The van der Waals surface area contributed by atoms with E-state index in [0.29, 0.717) is 5.69 Å². The maximum absolute atomic E-state index is 12.3. The molecular formula is C13H15N3O2S2. The molecule has 0 unspecified atom stereocenters. The van der Waals surface area contributed by atoms with Crippen LogP contribution in [0, 0.1) is 0 Å². The number of pyridine rings is 1. The Labute approximate surface area is 122 Å². The van der Waals surface area contributed by atoms with Gasteiger partial charge in [-0.15, -0.1) is 11.8 Å². The Hall–Kier alpha value is -1.73. The first-order chi connectivity index (χ1) is 9.54. The van der Waals surface area contributed by atoms with Crippen molar-refractivity contribution in [1.29, 1.82) is 0 Å². The fourth-order valence-electron chi connectivity index (χ4n) is 1.66. The van der Waals surface area contributed by atoms with E-state index in [-0.39, 0.29) is 10.7 Å². The lowest BCUT2D eigenvalue weighted by Crippen LogP contribution is -2.15. The number of nitrogens with zero attached hydrogens (tertiary/aromatic N) is 1. The van der Waals surface area contributed by atoms with Gasteiger partial charge in [0.25, 0.3) is 10.0 Å². The number of para-hydroxylation sites is 1. The Morgan fingerprint density at radius 1 is 1.25 bits per heavy atom. The summed E-state index contributed by atoms with van der Waals surface area (Å²) in [5.74, 6) is 0.842. The van der Waals surface area contributed by atoms with Crippen LogP contribution in [-0.4, -0.2) is 19.2 Å². The standard InChI is InChI=1S/C13H15N3O2S2/c1-2-19-11-7-4-3-6-10(11)16-20(17,18)12-8-5-9-15-13(12)14/h3-9,16H,2H2,1H3,(H2,14,15). The molecule has 5 nitrogen and oxygen atoms in total. The molecule has 0 aliphatic rings. The van der Waals surface area contributed by atoms with E-state index < -0.39 is 10.0 Å². The zero-order valence-corrected chi connectivity index (χ0v) is 12.5. The summed E-state index contributed by atoms with van der Waals surface area (Å²) < 4.78 is 27.2. The highest BCUT2D eigenvalue weighted by molar-refractivity contribution is 7.99. The van der Waals surface area contributed by atoms with Gasteiger partial charge in [-0.3, -0.25) is 4.72 Å². The van der Waals surface area contributed by atoms with E-state index >= 15 is 0 Å². The van der Waals surface area contributed by atoms with Crippen LogP contribution in [0.15, 0.2) is 52.4 Å². The molecule has 2 rings (SSSR count). The second kappa shape index (κ2) is 6.15. The lowest BCUT2D eigenvalue weighted by molar-refractivity contribution is 0.601. The molecule has 0 aliphatic heterocycles. The average molecular weight is 309 g/mol. The lowest BCUT2D eigenvalue weighted by Gasteiger charge is -2.12. The van der Waals surface area contributed by atoms with Crippen LogP contribution < -0.4 is 10.5 Å². The van der Waals surface area contributed by atoms with E-state index in [0.717, 1.165) is 10.6 Å². The van der Waals surface area contributed by atoms with Crippen molar-refractivity contribution in [2.45, 2.75) is 16.7 Å². The van der Waals surface area contributed by atoms with Crippen molar-refractivity contribution < 1.29 is 8.42 Å². The lowest BCUT2D eigenvalue weighted by atomic mass is 10.3. The third-order valence-electron chi connectivity index (χ3n) is 2.52. The third kappa shape index (κ3) is 3.23. The number of nitrogens with one attached hydrogen (secondary N) is 1. The van der Waals surface area contributed by atoms with E-state index in [4.69, 9.17) is 5.73 Å². The van der Waals surface area contributed by atoms with E-state index in [1.807, 2.05) is 19.1 Å². The minimum atomic E-state index is -3.74. The minimum absolute atomic E-state index is 0.0133. The third-order valence-corrected chi connectivity index (χ3v) is 4.89. The van der Waals surface area contributed by atoms with Gasteiger partial charge in [-0.1, -0.05) is 19.1 Å². The number of anilines is 2. The molecule has 0 spiro atoms. The van der Waals surface area contributed by atoms with Crippen LogP contribution in [0.4, 0.5) is 11.5 Å². The van der Waals surface area contributed by atoms with Gasteiger partial charge in [0, 0.05) is 11.1 Å². The molecule has 1 heterocycles. The fraction of sp³-hybridized carbons (Fsp3) is 0.154. The minimum Gasteiger partial charge on any atom is -0.383 e. The van der Waals surface area contributed by atoms with Crippen molar-refractivity contribution in [2.75, 3.05) is 16.2 Å². The number of hydrogen-bond donors (Lipinski definition) is 2. The van der Waals surface area contributed by atoms with Gasteiger partial charge in [0.05, 0.1) is 5.69 Å². The van der Waals surface area contributed by atoms with Gasteiger partial charge in [0.15, 0.2) is 0 Å². The van der Waals surface area contributed by atoms with E-state index in [1.54, 1.807) is 23.9 Å². The summed E-state index contributed by atoms with van der Waals surface area (Å²) in [6.07, 6.45) is 1.45. The van der Waals surface area contributed by atoms with Crippen molar-refractivity contribution >= 4 is 33.3 Å². The van der Waals surface area contributed by atoms with Gasteiger partial charge in [0.1, 0.15) is 10.7 Å². The molecule has 1 aromatic carbocycles. The Morgan fingerprint density at radius 2 is 2.00 bits per heavy atom. The molecule has 0 radical (unpaired) electrons. The highest BCUT2D eigenvalue weighted by atomic mass is 32.2. The topological polar surface area (TPSA) is 85.1 Å². The average Bonchev–Trinajstić information content (AvgIpc) is 2.41. The number of nitrogens with two attached hydrogens (primary N) is 1. The fourth-order valence-corrected chi connectivity index (χ4v) is 3.65. The van der Waals surface area contributed by atoms with E-state index in [1.165, 1.54) is 18.3 Å². The Morgan fingerprint density at radius 3 is 2.70 bits per heavy atom. The second-order valence-electron chi connectivity index (χ2n) is 3.92. The second-order valence-corrected chi connectivity index (χ2v) is 6.88. The molecular weight excluding hydrogens is 294 g/mol. The summed E-state index contributed by atoms with van der Waals surface area (Å²) in [5.41, 5.74) is 6.17. The SMILES string of the molecule is CCSc1ccccc1NS(=O)(=O)c1cccnc1N. The van der Waals surface area contributed by atoms with Gasteiger partial charge in [-0.2, -0.15) is 0 Å². The molecule has 3 N–H and O–H groups in total. The molecule has 0 saturated heterocycles. The number of aromatic nitrogens is 1. The first kappa shape index (κ1) is 14.7. The number of thioether (sulfide) groups is 1. The first-order valence-corrected chi connectivity index (χ1v) is 8.46. The molecule has 7 heteroatoms. The van der Waals surface area contributed by atoms with Crippen molar-refractivity contribution in [2.24, 2.45) is 0 Å². The Kier molecular flexibility index (Phi) is 4.51. The van der Waals surface area contributed by atoms with Crippen LogP contribution in [0.5, 0.6) is 0 Å². The summed E-state index contributed by atoms with van der Waals surface area (Å²) in [6.45, 7) is 2.01. The van der Waals surface area contributed by atoms with Gasteiger partial charge < -0.3 is 5.73 Å². The molecule has 2 aromatic rings. The number of hydrogen-bond acceptors (Lipinski definition) is 5. The molecule has 0 atom stereocenters. The molecule has 20 heavy (non-hydrogen) atoms. The van der Waals surface area contributed by atoms with Crippen LogP contribution in [0.2, 0.25) is 0 Å².